The van der Waals surface area contributed by atoms with Gasteiger partial charge in [-0.15, -0.1) is 0 Å². The van der Waals surface area contributed by atoms with Gasteiger partial charge in [-0.25, -0.2) is 4.39 Å². The molecule has 0 saturated carbocycles. The van der Waals surface area contributed by atoms with Gasteiger partial charge in [0.25, 0.3) is 11.8 Å². The number of halogens is 1. The molecule has 1 aromatic heterocycles. The van der Waals surface area contributed by atoms with Crippen molar-refractivity contribution in [1.82, 2.24) is 14.8 Å². The normalized spacial score (nSPS) is 13.1. The predicted octanol–water partition coefficient (Wildman–Crippen LogP) is 1.91. The van der Waals surface area contributed by atoms with E-state index in [4.69, 9.17) is 0 Å². The third-order valence-electron chi connectivity index (χ3n) is 4.41. The second-order valence-electron chi connectivity index (χ2n) is 6.10. The number of rotatable bonds is 6. The fraction of sp³-hybridized carbons (Fsp3) is 0.263. The monoisotopic (exact) mass is 355 g/mol. The molecule has 2 aromatic rings. The molecule has 0 unspecified atom stereocenters. The summed E-state index contributed by atoms with van der Waals surface area (Å²) in [6.45, 7) is 0.448. The summed E-state index contributed by atoms with van der Waals surface area (Å²) in [6, 6.07) is 7.71. The van der Waals surface area contributed by atoms with Crippen LogP contribution < -0.4 is 0 Å². The van der Waals surface area contributed by atoms with Gasteiger partial charge >= 0.3 is 0 Å². The van der Waals surface area contributed by atoms with Gasteiger partial charge in [-0.2, -0.15) is 0 Å². The van der Waals surface area contributed by atoms with Gasteiger partial charge in [0.05, 0.1) is 11.1 Å². The Bertz CT molecular complexity index is 854. The molecule has 0 saturated heterocycles. The highest BCUT2D eigenvalue weighted by atomic mass is 19.1. The Morgan fingerprint density at radius 2 is 1.88 bits per heavy atom. The number of benzene rings is 1. The number of aromatic nitrogens is 1. The number of fused-ring (bicyclic) bond motifs is 1. The van der Waals surface area contributed by atoms with Gasteiger partial charge in [0.2, 0.25) is 5.91 Å². The Labute approximate surface area is 150 Å². The zero-order valence-electron chi connectivity index (χ0n) is 14.3. The van der Waals surface area contributed by atoms with Crippen molar-refractivity contribution < 1.29 is 18.8 Å². The summed E-state index contributed by atoms with van der Waals surface area (Å²) < 4.78 is 13.8. The van der Waals surface area contributed by atoms with Gasteiger partial charge in [-0.1, -0.05) is 6.07 Å². The number of hydrogen-bond acceptors (Lipinski definition) is 4. The van der Waals surface area contributed by atoms with Crippen molar-refractivity contribution in [3.8, 4) is 0 Å². The highest BCUT2D eigenvalue weighted by Crippen LogP contribution is 2.25. The van der Waals surface area contributed by atoms with E-state index in [0.29, 0.717) is 13.0 Å². The molecule has 26 heavy (non-hydrogen) atoms. The van der Waals surface area contributed by atoms with Crippen molar-refractivity contribution in [1.29, 1.82) is 0 Å². The van der Waals surface area contributed by atoms with Crippen molar-refractivity contribution in [2.75, 3.05) is 20.1 Å². The number of carbonyl (C=O) groups is 3. The predicted molar refractivity (Wildman–Crippen MR) is 92.0 cm³/mol. The number of carbonyl (C=O) groups excluding carboxylic acids is 3. The van der Waals surface area contributed by atoms with Crippen LogP contribution >= 0.6 is 0 Å². The first kappa shape index (κ1) is 17.7. The van der Waals surface area contributed by atoms with Crippen LogP contribution in [0.3, 0.4) is 0 Å². The third-order valence-corrected chi connectivity index (χ3v) is 4.41. The standard InChI is InChI=1S/C19H18FN3O3/c1-22(11-7-13-5-9-21-10-6-13)16(24)8-12-23-18(25)14-3-2-4-15(20)17(14)19(23)26/h2-6,9-10H,7-8,11-12H2,1H3. The van der Waals surface area contributed by atoms with Crippen LogP contribution in [-0.2, 0) is 11.2 Å². The Kier molecular flexibility index (Phi) is 5.06. The molecule has 0 aliphatic carbocycles. The Balaban J connectivity index is 1.56. The smallest absolute Gasteiger partial charge is 0.264 e. The van der Waals surface area contributed by atoms with E-state index in [1.807, 2.05) is 12.1 Å². The van der Waals surface area contributed by atoms with E-state index < -0.39 is 17.6 Å². The van der Waals surface area contributed by atoms with Gasteiger partial charge in [-0.05, 0) is 36.2 Å². The second-order valence-corrected chi connectivity index (χ2v) is 6.10. The van der Waals surface area contributed by atoms with E-state index in [1.165, 1.54) is 12.1 Å². The maximum atomic E-state index is 13.8. The number of imide groups is 1. The van der Waals surface area contributed by atoms with Crippen LogP contribution in [0.2, 0.25) is 0 Å². The minimum Gasteiger partial charge on any atom is -0.345 e. The summed E-state index contributed by atoms with van der Waals surface area (Å²) in [6.07, 6.45) is 4.07. The van der Waals surface area contributed by atoms with E-state index in [-0.39, 0.29) is 30.0 Å². The zero-order valence-corrected chi connectivity index (χ0v) is 14.3. The van der Waals surface area contributed by atoms with Crippen LogP contribution in [0.15, 0.2) is 42.7 Å². The molecule has 0 radical (unpaired) electrons. The molecule has 6 nitrogen and oxygen atoms in total. The van der Waals surface area contributed by atoms with Gasteiger partial charge in [-0.3, -0.25) is 24.3 Å². The lowest BCUT2D eigenvalue weighted by Gasteiger charge is -2.19. The number of nitrogens with zero attached hydrogens (tertiary/aromatic N) is 3. The van der Waals surface area contributed by atoms with Crippen molar-refractivity contribution in [2.45, 2.75) is 12.8 Å². The van der Waals surface area contributed by atoms with E-state index in [0.717, 1.165) is 16.5 Å². The van der Waals surface area contributed by atoms with E-state index in [9.17, 15) is 18.8 Å². The topological polar surface area (TPSA) is 70.6 Å². The van der Waals surface area contributed by atoms with Crippen molar-refractivity contribution in [2.24, 2.45) is 0 Å². The molecule has 0 bridgehead atoms. The average molecular weight is 355 g/mol. The maximum absolute atomic E-state index is 13.8. The Morgan fingerprint density at radius 3 is 2.58 bits per heavy atom. The first-order chi connectivity index (χ1) is 12.5. The molecule has 134 valence electrons. The van der Waals surface area contributed by atoms with Crippen LogP contribution in [0.5, 0.6) is 0 Å². The molecule has 0 atom stereocenters. The van der Waals surface area contributed by atoms with Crippen LogP contribution in [0.1, 0.15) is 32.7 Å². The summed E-state index contributed by atoms with van der Waals surface area (Å²) in [7, 11) is 1.67. The lowest BCUT2D eigenvalue weighted by atomic mass is 10.1. The summed E-state index contributed by atoms with van der Waals surface area (Å²) in [5, 5.41) is 0. The van der Waals surface area contributed by atoms with Gasteiger partial charge < -0.3 is 4.90 Å². The molecule has 0 spiro atoms. The van der Waals surface area contributed by atoms with Crippen LogP contribution in [0, 0.1) is 5.82 Å². The van der Waals surface area contributed by atoms with E-state index in [1.54, 1.807) is 24.3 Å². The molecule has 3 amide bonds. The number of hydrogen-bond donors (Lipinski definition) is 0. The van der Waals surface area contributed by atoms with E-state index in [2.05, 4.69) is 4.98 Å². The summed E-state index contributed by atoms with van der Waals surface area (Å²) in [5.41, 5.74) is 0.903. The molecular formula is C19H18FN3O3. The minimum absolute atomic E-state index is 0.0000666. The van der Waals surface area contributed by atoms with Crippen LogP contribution in [0.25, 0.3) is 0 Å². The SMILES string of the molecule is CN(CCc1ccncc1)C(=O)CCN1C(=O)c2cccc(F)c2C1=O. The summed E-state index contributed by atoms with van der Waals surface area (Å²) in [4.78, 5) is 43.2. The van der Waals surface area contributed by atoms with Crippen molar-refractivity contribution >= 4 is 17.7 Å². The molecular weight excluding hydrogens is 337 g/mol. The molecule has 1 aromatic carbocycles. The van der Waals surface area contributed by atoms with Crippen LogP contribution in [-0.4, -0.2) is 52.6 Å². The van der Waals surface area contributed by atoms with Crippen molar-refractivity contribution in [3.05, 3.63) is 65.2 Å². The van der Waals surface area contributed by atoms with Crippen LogP contribution in [0.4, 0.5) is 4.39 Å². The maximum Gasteiger partial charge on any atom is 0.264 e. The molecule has 7 heteroatoms. The average Bonchev–Trinajstić information content (AvgIpc) is 2.90. The van der Waals surface area contributed by atoms with Gasteiger partial charge in [0.1, 0.15) is 5.82 Å². The molecule has 2 heterocycles. The molecule has 1 aliphatic heterocycles. The summed E-state index contributed by atoms with van der Waals surface area (Å²) >= 11 is 0. The molecule has 1 aliphatic rings. The van der Waals surface area contributed by atoms with Gasteiger partial charge in [0.15, 0.2) is 0 Å². The fourth-order valence-corrected chi connectivity index (χ4v) is 2.86. The highest BCUT2D eigenvalue weighted by Gasteiger charge is 2.37. The molecule has 0 N–H and O–H groups in total. The first-order valence-corrected chi connectivity index (χ1v) is 8.26. The zero-order chi connectivity index (χ0) is 18.7. The number of pyridine rings is 1. The van der Waals surface area contributed by atoms with Gasteiger partial charge in [0, 0.05) is 39.0 Å². The van der Waals surface area contributed by atoms with E-state index >= 15 is 0 Å². The Morgan fingerprint density at radius 1 is 1.15 bits per heavy atom. The largest absolute Gasteiger partial charge is 0.345 e. The minimum atomic E-state index is -0.718. The Hall–Kier alpha value is -3.09. The third kappa shape index (κ3) is 3.46. The number of likely N-dealkylation sites (N-methyl/N-ethyl adjacent to an activating group) is 1. The lowest BCUT2D eigenvalue weighted by Crippen LogP contribution is -2.36. The quantitative estimate of drug-likeness (QED) is 0.742. The number of amides is 3. The molecule has 3 rings (SSSR count). The lowest BCUT2D eigenvalue weighted by molar-refractivity contribution is -0.129. The highest BCUT2D eigenvalue weighted by molar-refractivity contribution is 6.21. The molecule has 0 fully saturated rings. The fourth-order valence-electron chi connectivity index (χ4n) is 2.86. The first-order valence-electron chi connectivity index (χ1n) is 8.26. The summed E-state index contributed by atoms with van der Waals surface area (Å²) in [5.74, 6) is -2.15. The van der Waals surface area contributed by atoms with Crippen molar-refractivity contribution in [3.63, 3.8) is 0 Å². The second kappa shape index (κ2) is 7.43.